The van der Waals surface area contributed by atoms with Crippen molar-refractivity contribution in [2.45, 2.75) is 50.7 Å². The first kappa shape index (κ1) is 22.1. The second-order valence-electron chi connectivity index (χ2n) is 7.71. The van der Waals surface area contributed by atoms with Crippen molar-refractivity contribution in [3.8, 4) is 11.5 Å². The number of sulfonamides is 1. The summed E-state index contributed by atoms with van der Waals surface area (Å²) >= 11 is 0. The predicted molar refractivity (Wildman–Crippen MR) is 114 cm³/mol. The first-order valence-corrected chi connectivity index (χ1v) is 11.4. The van der Waals surface area contributed by atoms with Crippen LogP contribution in [0.5, 0.6) is 11.5 Å². The van der Waals surface area contributed by atoms with Gasteiger partial charge < -0.3 is 15.2 Å². The van der Waals surface area contributed by atoms with Gasteiger partial charge in [0.2, 0.25) is 10.0 Å². The number of phenolic OH excluding ortho intramolecular Hbond substituents is 1. The molecule has 0 spiro atoms. The molecule has 1 atom stereocenters. The lowest BCUT2D eigenvalue weighted by molar-refractivity contribution is -0.128. The summed E-state index contributed by atoms with van der Waals surface area (Å²) in [6.45, 7) is 6.11. The molecule has 1 fully saturated rings. The number of carbonyl (C=O) groups is 1. The minimum Gasteiger partial charge on any atom is -0.508 e. The van der Waals surface area contributed by atoms with Crippen LogP contribution in [0.3, 0.4) is 0 Å². The third-order valence-electron chi connectivity index (χ3n) is 5.27. The van der Waals surface area contributed by atoms with Crippen molar-refractivity contribution in [2.75, 3.05) is 13.1 Å². The molecule has 1 heterocycles. The number of aromatic hydroxyl groups is 1. The Morgan fingerprint density at radius 2 is 1.77 bits per heavy atom. The molecular weight excluding hydrogens is 404 g/mol. The molecule has 0 aromatic heterocycles. The average Bonchev–Trinajstić information content (AvgIpc) is 2.69. The lowest BCUT2D eigenvalue weighted by Gasteiger charge is -2.32. The molecule has 1 saturated heterocycles. The Labute approximate surface area is 177 Å². The van der Waals surface area contributed by atoms with Gasteiger partial charge in [-0.05, 0) is 69.5 Å². The van der Waals surface area contributed by atoms with E-state index in [9.17, 15) is 18.3 Å². The van der Waals surface area contributed by atoms with E-state index in [2.05, 4.69) is 5.32 Å². The summed E-state index contributed by atoms with van der Waals surface area (Å²) < 4.78 is 33.1. The number of phenols is 1. The van der Waals surface area contributed by atoms with Gasteiger partial charge in [-0.3, -0.25) is 4.79 Å². The smallest absolute Gasteiger partial charge is 0.260 e. The SMILES string of the molecule is Cc1ccc(S(=O)(=O)N2CCC(NC(=O)C(C)Oc3ccc(O)cc3)CC2)c(C)c1. The molecule has 2 N–H and O–H groups in total. The fraction of sp³-hybridized carbons (Fsp3) is 0.409. The zero-order valence-corrected chi connectivity index (χ0v) is 18.3. The second kappa shape index (κ2) is 9.06. The van der Waals surface area contributed by atoms with Gasteiger partial charge in [0.05, 0.1) is 4.90 Å². The lowest BCUT2D eigenvalue weighted by Crippen LogP contribution is -2.49. The maximum atomic E-state index is 13.0. The normalized spacial score (nSPS) is 16.8. The third kappa shape index (κ3) is 5.12. The van der Waals surface area contributed by atoms with Gasteiger partial charge in [0.15, 0.2) is 6.10 Å². The number of amides is 1. The molecule has 2 aromatic carbocycles. The zero-order valence-electron chi connectivity index (χ0n) is 17.5. The van der Waals surface area contributed by atoms with Crippen LogP contribution < -0.4 is 10.1 Å². The molecule has 1 aliphatic heterocycles. The summed E-state index contributed by atoms with van der Waals surface area (Å²) in [5.74, 6) is 0.366. The van der Waals surface area contributed by atoms with E-state index in [0.29, 0.717) is 36.6 Å². The van der Waals surface area contributed by atoms with E-state index in [1.54, 1.807) is 25.1 Å². The molecule has 0 radical (unpaired) electrons. The van der Waals surface area contributed by atoms with Crippen molar-refractivity contribution in [3.63, 3.8) is 0 Å². The van der Waals surface area contributed by atoms with Crippen molar-refractivity contribution in [1.29, 1.82) is 0 Å². The van der Waals surface area contributed by atoms with Crippen molar-refractivity contribution in [2.24, 2.45) is 0 Å². The Balaban J connectivity index is 1.54. The maximum absolute atomic E-state index is 13.0. The zero-order chi connectivity index (χ0) is 21.9. The van der Waals surface area contributed by atoms with Crippen molar-refractivity contribution in [3.05, 3.63) is 53.6 Å². The molecule has 1 amide bonds. The van der Waals surface area contributed by atoms with Crippen LogP contribution in [0, 0.1) is 13.8 Å². The highest BCUT2D eigenvalue weighted by molar-refractivity contribution is 7.89. The van der Waals surface area contributed by atoms with Gasteiger partial charge in [-0.2, -0.15) is 4.31 Å². The Morgan fingerprint density at radius 3 is 2.37 bits per heavy atom. The van der Waals surface area contributed by atoms with E-state index in [0.717, 1.165) is 11.1 Å². The summed E-state index contributed by atoms with van der Waals surface area (Å²) in [4.78, 5) is 12.8. The van der Waals surface area contributed by atoms with Crippen molar-refractivity contribution in [1.82, 2.24) is 9.62 Å². The minimum absolute atomic E-state index is 0.103. The maximum Gasteiger partial charge on any atom is 0.260 e. The van der Waals surface area contributed by atoms with Crippen LogP contribution in [0.4, 0.5) is 0 Å². The van der Waals surface area contributed by atoms with E-state index < -0.39 is 16.1 Å². The first-order chi connectivity index (χ1) is 14.2. The monoisotopic (exact) mass is 432 g/mol. The lowest BCUT2D eigenvalue weighted by atomic mass is 10.1. The Hall–Kier alpha value is -2.58. The number of aryl methyl sites for hydroxylation is 2. The van der Waals surface area contributed by atoms with Crippen molar-refractivity contribution < 1.29 is 23.1 Å². The van der Waals surface area contributed by atoms with Gasteiger partial charge >= 0.3 is 0 Å². The number of nitrogens with one attached hydrogen (secondary N) is 1. The van der Waals surface area contributed by atoms with Crippen LogP contribution in [0.25, 0.3) is 0 Å². The van der Waals surface area contributed by atoms with E-state index in [-0.39, 0.29) is 17.7 Å². The Morgan fingerprint density at radius 1 is 1.13 bits per heavy atom. The van der Waals surface area contributed by atoms with Crippen LogP contribution in [0.15, 0.2) is 47.4 Å². The highest BCUT2D eigenvalue weighted by Gasteiger charge is 2.31. The largest absolute Gasteiger partial charge is 0.508 e. The number of nitrogens with zero attached hydrogens (tertiary/aromatic N) is 1. The number of ether oxygens (including phenoxy) is 1. The minimum atomic E-state index is -3.55. The topological polar surface area (TPSA) is 95.9 Å². The van der Waals surface area contributed by atoms with Gasteiger partial charge in [0, 0.05) is 19.1 Å². The number of hydrogen-bond acceptors (Lipinski definition) is 5. The van der Waals surface area contributed by atoms with Crippen LogP contribution in [-0.4, -0.2) is 49.0 Å². The quantitative estimate of drug-likeness (QED) is 0.732. The molecule has 0 bridgehead atoms. The molecule has 30 heavy (non-hydrogen) atoms. The molecule has 0 saturated carbocycles. The summed E-state index contributed by atoms with van der Waals surface area (Å²) in [5.41, 5.74) is 1.77. The second-order valence-corrected chi connectivity index (χ2v) is 9.62. The van der Waals surface area contributed by atoms with Crippen LogP contribution in [0.2, 0.25) is 0 Å². The summed E-state index contributed by atoms with van der Waals surface area (Å²) in [6, 6.07) is 11.4. The van der Waals surface area contributed by atoms with Gasteiger partial charge in [0.25, 0.3) is 5.91 Å². The summed E-state index contributed by atoms with van der Waals surface area (Å²) in [7, 11) is -3.55. The molecule has 7 nitrogen and oxygen atoms in total. The standard InChI is InChI=1S/C22H28N2O5S/c1-15-4-9-21(16(2)14-15)30(27,28)24-12-10-18(11-13-24)23-22(26)17(3)29-20-7-5-19(25)6-8-20/h4-9,14,17-18,25H,10-13H2,1-3H3,(H,23,26). The summed E-state index contributed by atoms with van der Waals surface area (Å²) in [5, 5.41) is 12.3. The van der Waals surface area contributed by atoms with E-state index in [1.807, 2.05) is 26.0 Å². The number of rotatable bonds is 6. The van der Waals surface area contributed by atoms with E-state index in [1.165, 1.54) is 16.4 Å². The van der Waals surface area contributed by atoms with Gasteiger partial charge in [0.1, 0.15) is 11.5 Å². The predicted octanol–water partition coefficient (Wildman–Crippen LogP) is 2.75. The fourth-order valence-electron chi connectivity index (χ4n) is 3.57. The van der Waals surface area contributed by atoms with Crippen LogP contribution in [0.1, 0.15) is 30.9 Å². The molecule has 3 rings (SSSR count). The Kier molecular flexibility index (Phi) is 6.67. The number of benzene rings is 2. The highest BCUT2D eigenvalue weighted by atomic mass is 32.2. The summed E-state index contributed by atoms with van der Waals surface area (Å²) in [6.07, 6.45) is 0.385. The Bertz CT molecular complexity index is 997. The molecular formula is C22H28N2O5S. The third-order valence-corrected chi connectivity index (χ3v) is 7.33. The van der Waals surface area contributed by atoms with Gasteiger partial charge in [-0.1, -0.05) is 17.7 Å². The van der Waals surface area contributed by atoms with Gasteiger partial charge in [-0.15, -0.1) is 0 Å². The van der Waals surface area contributed by atoms with Gasteiger partial charge in [-0.25, -0.2) is 8.42 Å². The number of hydrogen-bond donors (Lipinski definition) is 2. The molecule has 0 aliphatic carbocycles. The first-order valence-electron chi connectivity index (χ1n) is 10.0. The molecule has 1 unspecified atom stereocenters. The van der Waals surface area contributed by atoms with E-state index >= 15 is 0 Å². The number of carbonyl (C=O) groups excluding carboxylic acids is 1. The number of piperidine rings is 1. The molecule has 1 aliphatic rings. The highest BCUT2D eigenvalue weighted by Crippen LogP contribution is 2.24. The van der Waals surface area contributed by atoms with E-state index in [4.69, 9.17) is 4.74 Å². The van der Waals surface area contributed by atoms with Crippen molar-refractivity contribution >= 4 is 15.9 Å². The average molecular weight is 433 g/mol. The fourth-order valence-corrected chi connectivity index (χ4v) is 5.24. The molecule has 2 aromatic rings. The molecule has 162 valence electrons. The van der Waals surface area contributed by atoms with Crippen LogP contribution in [-0.2, 0) is 14.8 Å². The molecule has 8 heteroatoms. The van der Waals surface area contributed by atoms with Crippen LogP contribution >= 0.6 is 0 Å².